The second kappa shape index (κ2) is 5.08. The van der Waals surface area contributed by atoms with Crippen LogP contribution in [0.3, 0.4) is 0 Å². The van der Waals surface area contributed by atoms with E-state index < -0.39 is 35.8 Å². The Hall–Kier alpha value is -2.39. The molecule has 0 bridgehead atoms. The van der Waals surface area contributed by atoms with Gasteiger partial charge in [-0.1, -0.05) is 0 Å². The van der Waals surface area contributed by atoms with Crippen molar-refractivity contribution in [2.45, 2.75) is 12.6 Å². The summed E-state index contributed by atoms with van der Waals surface area (Å²) in [5.41, 5.74) is -0.393. The van der Waals surface area contributed by atoms with E-state index in [-0.39, 0.29) is 5.82 Å². The van der Waals surface area contributed by atoms with Gasteiger partial charge in [0.05, 0.1) is 12.6 Å². The summed E-state index contributed by atoms with van der Waals surface area (Å²) >= 11 is 0. The number of amides is 1. The van der Waals surface area contributed by atoms with Crippen LogP contribution in [0.4, 0.5) is 19.0 Å². The number of rotatable bonds is 4. The lowest BCUT2D eigenvalue weighted by molar-refractivity contribution is -0.171. The fourth-order valence-electron chi connectivity index (χ4n) is 1.16. The Morgan fingerprint density at radius 2 is 2.00 bits per heavy atom. The van der Waals surface area contributed by atoms with Crippen molar-refractivity contribution in [3.8, 4) is 0 Å². The number of hydrogen-bond donors (Lipinski definition) is 2. The van der Waals surface area contributed by atoms with E-state index in [0.29, 0.717) is 0 Å². The van der Waals surface area contributed by atoms with Gasteiger partial charge in [-0.25, -0.2) is 4.79 Å². The number of nitrogens with one attached hydrogen (secondary N) is 1. The Morgan fingerprint density at radius 3 is 2.47 bits per heavy atom. The summed E-state index contributed by atoms with van der Waals surface area (Å²) in [6.07, 6.45) is -5.61. The maximum Gasteiger partial charge on any atom is 0.450 e. The van der Waals surface area contributed by atoms with E-state index in [1.54, 1.807) is 0 Å². The first-order chi connectivity index (χ1) is 8.62. The first-order valence-electron chi connectivity index (χ1n) is 4.78. The molecule has 0 fully saturated rings. The molecule has 1 aromatic heterocycles. The van der Waals surface area contributed by atoms with E-state index in [1.807, 2.05) is 5.32 Å². The van der Waals surface area contributed by atoms with E-state index in [9.17, 15) is 27.6 Å². The number of aryl methyl sites for hydroxylation is 1. The van der Waals surface area contributed by atoms with Crippen LogP contribution in [-0.2, 0) is 16.6 Å². The predicted molar refractivity (Wildman–Crippen MR) is 54.5 cm³/mol. The van der Waals surface area contributed by atoms with Crippen molar-refractivity contribution in [1.82, 2.24) is 9.78 Å². The van der Waals surface area contributed by atoms with Crippen molar-refractivity contribution in [1.29, 1.82) is 0 Å². The van der Waals surface area contributed by atoms with Gasteiger partial charge in [-0.05, 0) is 0 Å². The van der Waals surface area contributed by atoms with Gasteiger partial charge in [0.25, 0.3) is 0 Å². The summed E-state index contributed by atoms with van der Waals surface area (Å²) in [7, 11) is 1.29. The zero-order chi connectivity index (χ0) is 14.8. The number of carbonyl (C=O) groups is 3. The summed E-state index contributed by atoms with van der Waals surface area (Å²) in [4.78, 5) is 32.6. The molecule has 0 radical (unpaired) electrons. The average Bonchev–Trinajstić information content (AvgIpc) is 2.59. The van der Waals surface area contributed by atoms with Crippen LogP contribution in [0.25, 0.3) is 0 Å². The minimum absolute atomic E-state index is 0.299. The quantitative estimate of drug-likeness (QED) is 0.785. The summed E-state index contributed by atoms with van der Waals surface area (Å²) in [5.74, 6) is -5.20. The molecule has 0 aliphatic rings. The molecule has 7 nitrogen and oxygen atoms in total. The molecule has 10 heteroatoms. The van der Waals surface area contributed by atoms with Crippen molar-refractivity contribution in [3.63, 3.8) is 0 Å². The topological polar surface area (TPSA) is 101 Å². The number of carboxylic acids is 1. The predicted octanol–water partition coefficient (Wildman–Crippen LogP) is 0.578. The molecule has 0 unspecified atom stereocenters. The van der Waals surface area contributed by atoms with Crippen LogP contribution in [-0.4, -0.2) is 38.7 Å². The highest BCUT2D eigenvalue weighted by Crippen LogP contribution is 2.19. The van der Waals surface area contributed by atoms with E-state index in [1.165, 1.54) is 7.05 Å². The number of nitrogens with zero attached hydrogens (tertiary/aromatic N) is 2. The highest BCUT2D eigenvalue weighted by atomic mass is 19.4. The Kier molecular flexibility index (Phi) is 3.92. The third-order valence-corrected chi connectivity index (χ3v) is 2.06. The SMILES string of the molecule is Cn1ncc(C(=O)O)c1NC(=O)CC(=O)C(F)(F)F. The Bertz CT molecular complexity index is 535. The van der Waals surface area contributed by atoms with Gasteiger partial charge in [-0.3, -0.25) is 14.3 Å². The molecule has 0 spiro atoms. The maximum absolute atomic E-state index is 11.9. The van der Waals surface area contributed by atoms with Gasteiger partial charge in [0.15, 0.2) is 0 Å². The Labute approximate surface area is 104 Å². The van der Waals surface area contributed by atoms with Gasteiger partial charge < -0.3 is 10.4 Å². The first-order valence-corrected chi connectivity index (χ1v) is 4.78. The summed E-state index contributed by atoms with van der Waals surface area (Å²) < 4.78 is 36.8. The molecule has 19 heavy (non-hydrogen) atoms. The highest BCUT2D eigenvalue weighted by Gasteiger charge is 2.39. The minimum atomic E-state index is -5.11. The largest absolute Gasteiger partial charge is 0.477 e. The molecule has 2 N–H and O–H groups in total. The summed E-state index contributed by atoms with van der Waals surface area (Å²) in [6, 6.07) is 0. The Morgan fingerprint density at radius 1 is 1.42 bits per heavy atom. The zero-order valence-corrected chi connectivity index (χ0v) is 9.48. The van der Waals surface area contributed by atoms with Crippen molar-refractivity contribution in [2.24, 2.45) is 7.05 Å². The number of halogens is 3. The molecule has 1 rings (SSSR count). The van der Waals surface area contributed by atoms with Crippen LogP contribution in [0.15, 0.2) is 6.20 Å². The standard InChI is InChI=1S/C9H8F3N3O4/c1-15-7(4(3-13-15)8(18)19)14-6(17)2-5(16)9(10,11)12/h3H,2H2,1H3,(H,14,17)(H,18,19). The maximum atomic E-state index is 11.9. The molecule has 0 saturated carbocycles. The van der Waals surface area contributed by atoms with Gasteiger partial charge in [0.2, 0.25) is 11.7 Å². The van der Waals surface area contributed by atoms with E-state index in [4.69, 9.17) is 5.11 Å². The number of alkyl halides is 3. The van der Waals surface area contributed by atoms with Crippen molar-refractivity contribution >= 4 is 23.5 Å². The molecular weight excluding hydrogens is 271 g/mol. The average molecular weight is 279 g/mol. The number of carboxylic acid groups (broad SMARTS) is 1. The van der Waals surface area contributed by atoms with Crippen molar-refractivity contribution in [2.75, 3.05) is 5.32 Å². The monoisotopic (exact) mass is 279 g/mol. The second-order valence-corrected chi connectivity index (χ2v) is 3.48. The first kappa shape index (κ1) is 14.7. The lowest BCUT2D eigenvalue weighted by atomic mass is 10.2. The molecule has 1 aromatic rings. The van der Waals surface area contributed by atoms with Gasteiger partial charge in [0, 0.05) is 7.05 Å². The Balaban J connectivity index is 2.81. The van der Waals surface area contributed by atoms with Crippen LogP contribution >= 0.6 is 0 Å². The summed E-state index contributed by atoms with van der Waals surface area (Å²) in [5, 5.41) is 14.2. The third kappa shape index (κ3) is 3.53. The van der Waals surface area contributed by atoms with Crippen LogP contribution in [0, 0.1) is 0 Å². The molecule has 1 heterocycles. The fraction of sp³-hybridized carbons (Fsp3) is 0.333. The second-order valence-electron chi connectivity index (χ2n) is 3.48. The molecule has 0 aliphatic heterocycles. The highest BCUT2D eigenvalue weighted by molar-refractivity contribution is 6.07. The van der Waals surface area contributed by atoms with Crippen LogP contribution in [0.2, 0.25) is 0 Å². The molecule has 0 saturated heterocycles. The molecule has 0 atom stereocenters. The normalized spacial score (nSPS) is 11.2. The van der Waals surface area contributed by atoms with Crippen LogP contribution < -0.4 is 5.32 Å². The molecule has 1 amide bonds. The number of ketones is 1. The number of anilines is 1. The molecule has 0 aliphatic carbocycles. The number of carbonyl (C=O) groups excluding carboxylic acids is 2. The van der Waals surface area contributed by atoms with Gasteiger partial charge >= 0.3 is 12.1 Å². The molecular formula is C9H8F3N3O4. The van der Waals surface area contributed by atoms with Crippen molar-refractivity contribution in [3.05, 3.63) is 11.8 Å². The zero-order valence-electron chi connectivity index (χ0n) is 9.48. The number of Topliss-reactive ketones (excluding diaryl/α,β-unsaturated/α-hetero) is 1. The van der Waals surface area contributed by atoms with Crippen molar-refractivity contribution < 1.29 is 32.7 Å². The number of aromatic nitrogens is 2. The minimum Gasteiger partial charge on any atom is -0.477 e. The summed E-state index contributed by atoms with van der Waals surface area (Å²) in [6.45, 7) is 0. The van der Waals surface area contributed by atoms with Crippen LogP contribution in [0.5, 0.6) is 0 Å². The third-order valence-electron chi connectivity index (χ3n) is 2.06. The smallest absolute Gasteiger partial charge is 0.450 e. The molecule has 104 valence electrons. The van der Waals surface area contributed by atoms with Gasteiger partial charge in [-0.15, -0.1) is 0 Å². The van der Waals surface area contributed by atoms with Crippen LogP contribution in [0.1, 0.15) is 16.8 Å². The number of hydrogen-bond acceptors (Lipinski definition) is 4. The van der Waals surface area contributed by atoms with E-state index >= 15 is 0 Å². The van der Waals surface area contributed by atoms with Gasteiger partial charge in [0.1, 0.15) is 11.4 Å². The van der Waals surface area contributed by atoms with E-state index in [0.717, 1.165) is 10.9 Å². The van der Waals surface area contributed by atoms with E-state index in [2.05, 4.69) is 5.10 Å². The number of aromatic carboxylic acids is 1. The van der Waals surface area contributed by atoms with Gasteiger partial charge in [-0.2, -0.15) is 18.3 Å². The lowest BCUT2D eigenvalue weighted by Gasteiger charge is -2.07. The lowest BCUT2D eigenvalue weighted by Crippen LogP contribution is -2.28. The molecule has 0 aromatic carbocycles. The fourth-order valence-corrected chi connectivity index (χ4v) is 1.16.